The van der Waals surface area contributed by atoms with E-state index in [2.05, 4.69) is 6.07 Å². The summed E-state index contributed by atoms with van der Waals surface area (Å²) in [6.45, 7) is 4.01. The molecule has 0 amide bonds. The Labute approximate surface area is 158 Å². The molecule has 0 N–H and O–H groups in total. The van der Waals surface area contributed by atoms with Crippen molar-refractivity contribution < 1.29 is 9.47 Å². The van der Waals surface area contributed by atoms with E-state index >= 15 is 0 Å². The number of benzene rings is 2. The number of hydrogen-bond acceptors (Lipinski definition) is 3. The van der Waals surface area contributed by atoms with Crippen molar-refractivity contribution in [2.75, 3.05) is 7.11 Å². The molecule has 2 rings (SSSR count). The second-order valence-corrected chi connectivity index (χ2v) is 6.39. The van der Waals surface area contributed by atoms with Crippen molar-refractivity contribution >= 4 is 34.9 Å². The van der Waals surface area contributed by atoms with Gasteiger partial charge in [-0.3, -0.25) is 0 Å². The van der Waals surface area contributed by atoms with Crippen LogP contribution in [-0.2, 0) is 0 Å². The second kappa shape index (κ2) is 8.80. The molecular formula is C20H19Cl2NO2. The molecule has 1 unspecified atom stereocenters. The lowest BCUT2D eigenvalue weighted by Gasteiger charge is -2.17. The third-order valence-corrected chi connectivity index (χ3v) is 4.27. The summed E-state index contributed by atoms with van der Waals surface area (Å²) in [6.07, 6.45) is 2.64. The van der Waals surface area contributed by atoms with Crippen LogP contribution in [0.15, 0.2) is 36.4 Å². The van der Waals surface area contributed by atoms with Gasteiger partial charge >= 0.3 is 0 Å². The van der Waals surface area contributed by atoms with Crippen molar-refractivity contribution in [1.82, 2.24) is 0 Å². The van der Waals surface area contributed by atoms with Gasteiger partial charge in [0.05, 0.1) is 29.9 Å². The van der Waals surface area contributed by atoms with E-state index in [0.29, 0.717) is 27.1 Å². The lowest BCUT2D eigenvalue weighted by molar-refractivity contribution is 0.208. The molecule has 0 saturated carbocycles. The van der Waals surface area contributed by atoms with Crippen LogP contribution in [0, 0.1) is 11.3 Å². The van der Waals surface area contributed by atoms with Gasteiger partial charge in [-0.15, -0.1) is 0 Å². The first-order valence-electron chi connectivity index (χ1n) is 7.90. The van der Waals surface area contributed by atoms with Crippen LogP contribution in [0.5, 0.6) is 11.5 Å². The summed E-state index contributed by atoms with van der Waals surface area (Å²) in [4.78, 5) is 0. The zero-order chi connectivity index (χ0) is 18.4. The van der Waals surface area contributed by atoms with Crippen LogP contribution in [0.4, 0.5) is 0 Å². The van der Waals surface area contributed by atoms with E-state index in [1.807, 2.05) is 13.8 Å². The zero-order valence-electron chi connectivity index (χ0n) is 14.3. The SMILES string of the molecule is CCC(C)Oc1c(Cl)cc(C=C(C#N)c2ccc(Cl)cc2)cc1OC. The molecule has 0 aliphatic rings. The maximum Gasteiger partial charge on any atom is 0.180 e. The standard InChI is InChI=1S/C20H19Cl2NO2/c1-4-13(2)25-20-18(22)10-14(11-19(20)24-3)9-16(12-23)15-5-7-17(21)8-6-15/h5-11,13H,4H2,1-3H3. The van der Waals surface area contributed by atoms with Crippen molar-refractivity contribution in [3.63, 3.8) is 0 Å². The summed E-state index contributed by atoms with van der Waals surface area (Å²) in [5, 5.41) is 10.5. The topological polar surface area (TPSA) is 42.2 Å². The minimum absolute atomic E-state index is 0.0246. The highest BCUT2D eigenvalue weighted by atomic mass is 35.5. The molecule has 0 radical (unpaired) electrons. The fourth-order valence-corrected chi connectivity index (χ4v) is 2.59. The number of ether oxygens (including phenoxy) is 2. The average molecular weight is 376 g/mol. The fraction of sp³-hybridized carbons (Fsp3) is 0.250. The third kappa shape index (κ3) is 4.92. The average Bonchev–Trinajstić information content (AvgIpc) is 2.62. The quantitative estimate of drug-likeness (QED) is 0.442. The molecule has 0 aromatic heterocycles. The first-order chi connectivity index (χ1) is 12.0. The van der Waals surface area contributed by atoms with Crippen LogP contribution in [0.1, 0.15) is 31.4 Å². The van der Waals surface area contributed by atoms with E-state index < -0.39 is 0 Å². The van der Waals surface area contributed by atoms with Gasteiger partial charge in [-0.25, -0.2) is 0 Å². The van der Waals surface area contributed by atoms with Gasteiger partial charge in [-0.2, -0.15) is 5.26 Å². The molecule has 130 valence electrons. The zero-order valence-corrected chi connectivity index (χ0v) is 15.9. The lowest BCUT2D eigenvalue weighted by Crippen LogP contribution is -2.11. The van der Waals surface area contributed by atoms with E-state index in [0.717, 1.165) is 17.5 Å². The van der Waals surface area contributed by atoms with Crippen LogP contribution in [0.2, 0.25) is 10.0 Å². The number of methoxy groups -OCH3 is 1. The predicted molar refractivity (Wildman–Crippen MR) is 103 cm³/mol. The normalized spacial score (nSPS) is 12.4. The Morgan fingerprint density at radius 2 is 1.92 bits per heavy atom. The molecule has 3 nitrogen and oxygen atoms in total. The number of allylic oxidation sites excluding steroid dienone is 1. The Hall–Kier alpha value is -2.15. The summed E-state index contributed by atoms with van der Waals surface area (Å²) >= 11 is 12.3. The molecule has 2 aromatic rings. The van der Waals surface area contributed by atoms with Crippen molar-refractivity contribution in [1.29, 1.82) is 5.26 Å². The van der Waals surface area contributed by atoms with Crippen molar-refractivity contribution in [3.8, 4) is 17.6 Å². The number of nitrogens with zero attached hydrogens (tertiary/aromatic N) is 1. The smallest absolute Gasteiger partial charge is 0.180 e. The Balaban J connectivity index is 2.43. The summed E-state index contributed by atoms with van der Waals surface area (Å²) in [5.74, 6) is 1.05. The summed E-state index contributed by atoms with van der Waals surface area (Å²) in [5.41, 5.74) is 2.04. The Morgan fingerprint density at radius 3 is 2.48 bits per heavy atom. The van der Waals surface area contributed by atoms with Crippen LogP contribution >= 0.6 is 23.2 Å². The highest BCUT2D eigenvalue weighted by molar-refractivity contribution is 6.32. The number of rotatable bonds is 6. The molecule has 0 heterocycles. The molecule has 0 spiro atoms. The van der Waals surface area contributed by atoms with Gasteiger partial charge in [-0.05, 0) is 54.8 Å². The van der Waals surface area contributed by atoms with Gasteiger partial charge in [0, 0.05) is 5.02 Å². The minimum Gasteiger partial charge on any atom is -0.493 e. The molecule has 1 atom stereocenters. The van der Waals surface area contributed by atoms with Gasteiger partial charge in [0.2, 0.25) is 0 Å². The largest absolute Gasteiger partial charge is 0.493 e. The molecule has 0 bridgehead atoms. The Bertz CT molecular complexity index is 808. The van der Waals surface area contributed by atoms with Crippen molar-refractivity contribution in [2.24, 2.45) is 0 Å². The molecule has 0 aliphatic carbocycles. The third-order valence-electron chi connectivity index (χ3n) is 3.73. The molecule has 0 fully saturated rings. The highest BCUT2D eigenvalue weighted by Gasteiger charge is 2.14. The number of nitriles is 1. The molecule has 2 aromatic carbocycles. The van der Waals surface area contributed by atoms with Gasteiger partial charge < -0.3 is 9.47 Å². The molecular weight excluding hydrogens is 357 g/mol. The van der Waals surface area contributed by atoms with Crippen molar-refractivity contribution in [3.05, 3.63) is 57.6 Å². The first-order valence-corrected chi connectivity index (χ1v) is 8.66. The van der Waals surface area contributed by atoms with E-state index in [1.54, 1.807) is 49.6 Å². The minimum atomic E-state index is 0.0246. The van der Waals surface area contributed by atoms with Crippen LogP contribution in [0.3, 0.4) is 0 Å². The molecule has 0 saturated heterocycles. The maximum atomic E-state index is 9.47. The lowest BCUT2D eigenvalue weighted by atomic mass is 10.0. The summed E-state index contributed by atoms with van der Waals surface area (Å²) in [7, 11) is 1.56. The Kier molecular flexibility index (Phi) is 6.75. The summed E-state index contributed by atoms with van der Waals surface area (Å²) < 4.78 is 11.3. The van der Waals surface area contributed by atoms with Gasteiger partial charge in [0.15, 0.2) is 11.5 Å². The van der Waals surface area contributed by atoms with E-state index in [1.165, 1.54) is 0 Å². The molecule has 25 heavy (non-hydrogen) atoms. The van der Waals surface area contributed by atoms with Crippen LogP contribution in [0.25, 0.3) is 11.6 Å². The van der Waals surface area contributed by atoms with Crippen LogP contribution in [-0.4, -0.2) is 13.2 Å². The molecule has 5 heteroatoms. The predicted octanol–water partition coefficient (Wildman–Crippen LogP) is 6.24. The Morgan fingerprint density at radius 1 is 1.24 bits per heavy atom. The van der Waals surface area contributed by atoms with Gasteiger partial charge in [-0.1, -0.05) is 42.3 Å². The molecule has 0 aliphatic heterocycles. The van der Waals surface area contributed by atoms with Crippen LogP contribution < -0.4 is 9.47 Å². The first kappa shape index (κ1) is 19.2. The van der Waals surface area contributed by atoms with Gasteiger partial charge in [0.25, 0.3) is 0 Å². The monoisotopic (exact) mass is 375 g/mol. The van der Waals surface area contributed by atoms with E-state index in [9.17, 15) is 5.26 Å². The summed E-state index contributed by atoms with van der Waals surface area (Å²) in [6, 6.07) is 12.9. The number of halogens is 2. The number of hydrogen-bond donors (Lipinski definition) is 0. The van der Waals surface area contributed by atoms with E-state index in [4.69, 9.17) is 32.7 Å². The fourth-order valence-electron chi connectivity index (χ4n) is 2.20. The van der Waals surface area contributed by atoms with E-state index in [-0.39, 0.29) is 6.10 Å². The highest BCUT2D eigenvalue weighted by Crippen LogP contribution is 2.38. The van der Waals surface area contributed by atoms with Crippen molar-refractivity contribution in [2.45, 2.75) is 26.4 Å². The maximum absolute atomic E-state index is 9.47. The second-order valence-electron chi connectivity index (χ2n) is 5.55. The van der Waals surface area contributed by atoms with Gasteiger partial charge in [0.1, 0.15) is 0 Å².